The van der Waals surface area contributed by atoms with E-state index < -0.39 is 6.10 Å². The predicted molar refractivity (Wildman–Crippen MR) is 96.3 cm³/mol. The molecular weight excluding hydrogens is 322 g/mol. The van der Waals surface area contributed by atoms with Crippen LogP contribution in [0.15, 0.2) is 18.2 Å². The van der Waals surface area contributed by atoms with Gasteiger partial charge in [-0.25, -0.2) is 0 Å². The molecule has 0 aromatic heterocycles. The zero-order chi connectivity index (χ0) is 18.1. The van der Waals surface area contributed by atoms with Gasteiger partial charge in [0.2, 0.25) is 0 Å². The first-order chi connectivity index (χ1) is 12.1. The largest absolute Gasteiger partial charge is 0.493 e. The van der Waals surface area contributed by atoms with E-state index in [0.717, 1.165) is 36.5 Å². The number of aliphatic hydroxyl groups excluding tert-OH is 1. The molecule has 2 rings (SSSR count). The number of rotatable bonds is 11. The van der Waals surface area contributed by atoms with Crippen molar-refractivity contribution in [3.63, 3.8) is 0 Å². The van der Waals surface area contributed by atoms with Crippen LogP contribution < -0.4 is 9.47 Å². The van der Waals surface area contributed by atoms with Gasteiger partial charge in [-0.15, -0.1) is 0 Å². The van der Waals surface area contributed by atoms with Gasteiger partial charge in [-0.05, 0) is 44.5 Å². The lowest BCUT2D eigenvalue weighted by Crippen LogP contribution is -2.32. The van der Waals surface area contributed by atoms with Gasteiger partial charge >= 0.3 is 0 Å². The number of hydrogen-bond donors (Lipinski definition) is 1. The van der Waals surface area contributed by atoms with E-state index in [2.05, 4.69) is 4.90 Å². The number of methoxy groups -OCH3 is 1. The molecule has 1 aromatic carbocycles. The molecule has 1 aromatic rings. The maximum Gasteiger partial charge on any atom is 0.161 e. The molecule has 2 atom stereocenters. The van der Waals surface area contributed by atoms with Crippen LogP contribution in [-0.2, 0) is 16.0 Å². The summed E-state index contributed by atoms with van der Waals surface area (Å²) >= 11 is 0. The molecule has 0 unspecified atom stereocenters. The molecule has 1 fully saturated rings. The molecule has 1 heterocycles. The Hall–Kier alpha value is -1.34. The minimum absolute atomic E-state index is 0.196. The number of likely N-dealkylation sites (N-methyl/N-ethyl adjacent to an activating group) is 1. The van der Waals surface area contributed by atoms with E-state index in [4.69, 9.17) is 18.9 Å². The zero-order valence-electron chi connectivity index (χ0n) is 15.6. The summed E-state index contributed by atoms with van der Waals surface area (Å²) in [6, 6.07) is 5.92. The minimum Gasteiger partial charge on any atom is -0.493 e. The van der Waals surface area contributed by atoms with E-state index in [9.17, 15) is 5.11 Å². The predicted octanol–water partition coefficient (Wildman–Crippen LogP) is 2.08. The number of aliphatic hydroxyl groups is 1. The molecule has 6 nitrogen and oxygen atoms in total. The van der Waals surface area contributed by atoms with Gasteiger partial charge in [0.25, 0.3) is 0 Å². The van der Waals surface area contributed by atoms with Crippen LogP contribution in [0.5, 0.6) is 11.5 Å². The standard InChI is InChI=1S/C19H31NO5/c1-4-24-18-8-7-15(10-19(18)22-3)11-20(2)12-16(21)13-23-14-17-6-5-9-25-17/h7-8,10,16-17,21H,4-6,9,11-14H2,1-3H3/t16-,17-/m1/s1. The molecule has 25 heavy (non-hydrogen) atoms. The lowest BCUT2D eigenvalue weighted by Gasteiger charge is -2.21. The minimum atomic E-state index is -0.518. The summed E-state index contributed by atoms with van der Waals surface area (Å²) in [6.45, 7) is 5.53. The Bertz CT molecular complexity index is 505. The van der Waals surface area contributed by atoms with Crippen molar-refractivity contribution in [3.05, 3.63) is 23.8 Å². The second-order valence-electron chi connectivity index (χ2n) is 6.44. The molecule has 6 heteroatoms. The average Bonchev–Trinajstić information content (AvgIpc) is 3.09. The van der Waals surface area contributed by atoms with Crippen LogP contribution in [0.3, 0.4) is 0 Å². The Balaban J connectivity index is 1.73. The summed E-state index contributed by atoms with van der Waals surface area (Å²) in [6.07, 6.45) is 1.83. The third-order valence-electron chi connectivity index (χ3n) is 4.14. The fourth-order valence-electron chi connectivity index (χ4n) is 2.99. The SMILES string of the molecule is CCOc1ccc(CN(C)C[C@@H](O)COC[C@H]2CCCO2)cc1OC. The number of hydrogen-bond acceptors (Lipinski definition) is 6. The van der Waals surface area contributed by atoms with Crippen molar-refractivity contribution in [1.82, 2.24) is 4.90 Å². The Morgan fingerprint density at radius 3 is 2.88 bits per heavy atom. The van der Waals surface area contributed by atoms with Crippen molar-refractivity contribution in [2.24, 2.45) is 0 Å². The van der Waals surface area contributed by atoms with Crippen molar-refractivity contribution in [2.45, 2.75) is 38.5 Å². The van der Waals surface area contributed by atoms with Crippen LogP contribution >= 0.6 is 0 Å². The maximum absolute atomic E-state index is 10.1. The second kappa shape index (κ2) is 10.6. The van der Waals surface area contributed by atoms with Gasteiger partial charge in [-0.3, -0.25) is 4.90 Å². The Kier molecular flexibility index (Phi) is 8.48. The van der Waals surface area contributed by atoms with E-state index in [1.54, 1.807) is 7.11 Å². The fourth-order valence-corrected chi connectivity index (χ4v) is 2.99. The Morgan fingerprint density at radius 1 is 1.36 bits per heavy atom. The van der Waals surface area contributed by atoms with E-state index in [1.165, 1.54) is 0 Å². The molecule has 0 saturated carbocycles. The van der Waals surface area contributed by atoms with Crippen LogP contribution in [0.2, 0.25) is 0 Å². The van der Waals surface area contributed by atoms with Gasteiger partial charge in [0.15, 0.2) is 11.5 Å². The zero-order valence-corrected chi connectivity index (χ0v) is 15.6. The molecule has 1 N–H and O–H groups in total. The summed E-state index contributed by atoms with van der Waals surface area (Å²) in [5.41, 5.74) is 1.11. The van der Waals surface area contributed by atoms with E-state index >= 15 is 0 Å². The average molecular weight is 353 g/mol. The third-order valence-corrected chi connectivity index (χ3v) is 4.14. The summed E-state index contributed by atoms with van der Waals surface area (Å²) < 4.78 is 22.0. The summed E-state index contributed by atoms with van der Waals surface area (Å²) in [4.78, 5) is 2.06. The molecule has 0 bridgehead atoms. The van der Waals surface area contributed by atoms with Crippen molar-refractivity contribution >= 4 is 0 Å². The molecule has 142 valence electrons. The monoisotopic (exact) mass is 353 g/mol. The molecule has 1 aliphatic heterocycles. The van der Waals surface area contributed by atoms with Gasteiger partial charge in [0.1, 0.15) is 0 Å². The lowest BCUT2D eigenvalue weighted by atomic mass is 10.2. The van der Waals surface area contributed by atoms with Gasteiger partial charge in [-0.2, -0.15) is 0 Å². The van der Waals surface area contributed by atoms with Crippen LogP contribution in [0, 0.1) is 0 Å². The Labute approximate surface area is 150 Å². The second-order valence-corrected chi connectivity index (χ2v) is 6.44. The number of benzene rings is 1. The molecule has 1 saturated heterocycles. The first kappa shape index (κ1) is 20.0. The highest BCUT2D eigenvalue weighted by Gasteiger charge is 2.17. The van der Waals surface area contributed by atoms with Crippen molar-refractivity contribution in [3.8, 4) is 11.5 Å². The molecule has 0 aliphatic carbocycles. The van der Waals surface area contributed by atoms with Crippen molar-refractivity contribution in [1.29, 1.82) is 0 Å². The quantitative estimate of drug-likeness (QED) is 0.657. The van der Waals surface area contributed by atoms with Gasteiger partial charge in [-0.1, -0.05) is 6.07 Å². The fraction of sp³-hybridized carbons (Fsp3) is 0.684. The highest BCUT2D eigenvalue weighted by Crippen LogP contribution is 2.28. The number of nitrogens with zero attached hydrogens (tertiary/aromatic N) is 1. The molecule has 0 radical (unpaired) electrons. The van der Waals surface area contributed by atoms with Crippen molar-refractivity contribution in [2.75, 3.05) is 47.1 Å². The third kappa shape index (κ3) is 6.82. The van der Waals surface area contributed by atoms with Crippen LogP contribution in [-0.4, -0.2) is 69.3 Å². The molecule has 1 aliphatic rings. The van der Waals surface area contributed by atoms with Gasteiger partial charge < -0.3 is 24.1 Å². The number of ether oxygens (including phenoxy) is 4. The summed E-state index contributed by atoms with van der Waals surface area (Å²) in [7, 11) is 3.62. The van der Waals surface area contributed by atoms with Crippen molar-refractivity contribution < 1.29 is 24.1 Å². The molecular formula is C19H31NO5. The molecule has 0 spiro atoms. The highest BCUT2D eigenvalue weighted by atomic mass is 16.5. The van der Waals surface area contributed by atoms with Gasteiger partial charge in [0, 0.05) is 19.7 Å². The van der Waals surface area contributed by atoms with Crippen LogP contribution in [0.25, 0.3) is 0 Å². The molecule has 0 amide bonds. The van der Waals surface area contributed by atoms with E-state index in [1.807, 2.05) is 32.2 Å². The topological polar surface area (TPSA) is 60.4 Å². The van der Waals surface area contributed by atoms with Crippen LogP contribution in [0.1, 0.15) is 25.3 Å². The first-order valence-corrected chi connectivity index (χ1v) is 8.98. The Morgan fingerprint density at radius 2 is 2.20 bits per heavy atom. The normalized spacial score (nSPS) is 18.5. The lowest BCUT2D eigenvalue weighted by molar-refractivity contribution is -0.0238. The van der Waals surface area contributed by atoms with Gasteiger partial charge in [0.05, 0.1) is 39.1 Å². The van der Waals surface area contributed by atoms with Crippen LogP contribution in [0.4, 0.5) is 0 Å². The first-order valence-electron chi connectivity index (χ1n) is 8.98. The summed E-state index contributed by atoms with van der Waals surface area (Å²) in [5, 5.41) is 10.1. The maximum atomic E-state index is 10.1. The van der Waals surface area contributed by atoms with E-state index in [-0.39, 0.29) is 6.10 Å². The summed E-state index contributed by atoms with van der Waals surface area (Å²) in [5.74, 6) is 1.48. The van der Waals surface area contributed by atoms with E-state index in [0.29, 0.717) is 32.9 Å². The highest BCUT2D eigenvalue weighted by molar-refractivity contribution is 5.42. The smallest absolute Gasteiger partial charge is 0.161 e.